The van der Waals surface area contributed by atoms with Crippen molar-refractivity contribution in [3.8, 4) is 0 Å². The molecule has 0 saturated heterocycles. The fraction of sp³-hybridized carbons (Fsp3) is 0.909. The molecule has 0 aromatic heterocycles. The average Bonchev–Trinajstić information content (AvgIpc) is 2.69. The van der Waals surface area contributed by atoms with E-state index >= 15 is 0 Å². The number of nitrogens with zero attached hydrogens (tertiary/aromatic N) is 1. The highest BCUT2D eigenvalue weighted by atomic mass is 32.2. The summed E-state index contributed by atoms with van der Waals surface area (Å²) >= 11 is 1.90. The van der Waals surface area contributed by atoms with Crippen molar-refractivity contribution in [2.45, 2.75) is 31.9 Å². The third-order valence-corrected chi connectivity index (χ3v) is 4.17. The summed E-state index contributed by atoms with van der Waals surface area (Å²) in [5.41, 5.74) is 0. The molecule has 1 N–H and O–H groups in total. The summed E-state index contributed by atoms with van der Waals surface area (Å²) in [6.07, 6.45) is 2.52. The maximum absolute atomic E-state index is 4.99. The quantitative estimate of drug-likeness (QED) is 0.710. The maximum Gasteiger partial charge on any atom is 0.157 e. The van der Waals surface area contributed by atoms with Gasteiger partial charge in [-0.05, 0) is 5.92 Å². The standard InChI is InChI=1S/C11H22N2OS/c1-4-9(5-2)10-8-13-11(15-10)12-6-7-14-3/h9-10H,4-8H2,1-3H3,(H,12,13). The smallest absolute Gasteiger partial charge is 0.157 e. The molecule has 0 aromatic rings. The van der Waals surface area contributed by atoms with Gasteiger partial charge in [-0.1, -0.05) is 38.5 Å². The molecule has 1 rings (SSSR count). The van der Waals surface area contributed by atoms with Crippen LogP contribution in [0.3, 0.4) is 0 Å². The third-order valence-electron chi connectivity index (χ3n) is 2.83. The molecule has 1 heterocycles. The molecular weight excluding hydrogens is 208 g/mol. The number of amidine groups is 1. The van der Waals surface area contributed by atoms with Crippen LogP contribution in [0, 0.1) is 5.92 Å². The fourth-order valence-corrected chi connectivity index (χ4v) is 3.16. The van der Waals surface area contributed by atoms with Gasteiger partial charge in [-0.3, -0.25) is 4.99 Å². The first kappa shape index (κ1) is 12.8. The van der Waals surface area contributed by atoms with Gasteiger partial charge >= 0.3 is 0 Å². The largest absolute Gasteiger partial charge is 0.383 e. The Labute approximate surface area is 97.1 Å². The molecule has 1 unspecified atom stereocenters. The Bertz CT molecular complexity index is 205. The second-order valence-electron chi connectivity index (χ2n) is 3.80. The van der Waals surface area contributed by atoms with Crippen LogP contribution in [-0.4, -0.2) is 37.2 Å². The molecule has 0 aliphatic carbocycles. The van der Waals surface area contributed by atoms with Crippen LogP contribution < -0.4 is 5.32 Å². The molecule has 1 aliphatic heterocycles. The van der Waals surface area contributed by atoms with E-state index in [-0.39, 0.29) is 0 Å². The number of hydrogen-bond donors (Lipinski definition) is 1. The summed E-state index contributed by atoms with van der Waals surface area (Å²) in [6.45, 7) is 7.12. The van der Waals surface area contributed by atoms with Crippen LogP contribution in [0.1, 0.15) is 26.7 Å². The van der Waals surface area contributed by atoms with E-state index in [9.17, 15) is 0 Å². The molecule has 0 amide bonds. The predicted molar refractivity (Wildman–Crippen MR) is 67.6 cm³/mol. The summed E-state index contributed by atoms with van der Waals surface area (Å²) < 4.78 is 4.99. The Morgan fingerprint density at radius 3 is 2.87 bits per heavy atom. The Hall–Kier alpha value is -0.220. The van der Waals surface area contributed by atoms with Gasteiger partial charge in [0.1, 0.15) is 0 Å². The Morgan fingerprint density at radius 2 is 2.27 bits per heavy atom. The van der Waals surface area contributed by atoms with Gasteiger partial charge in [-0.25, -0.2) is 0 Å². The van der Waals surface area contributed by atoms with E-state index in [1.807, 2.05) is 11.8 Å². The lowest BCUT2D eigenvalue weighted by molar-refractivity contribution is 0.204. The Kier molecular flexibility index (Phi) is 6.10. The van der Waals surface area contributed by atoms with Crippen molar-refractivity contribution in [1.82, 2.24) is 5.32 Å². The summed E-state index contributed by atoms with van der Waals surface area (Å²) in [7, 11) is 1.72. The van der Waals surface area contributed by atoms with E-state index in [4.69, 9.17) is 4.74 Å². The maximum atomic E-state index is 4.99. The van der Waals surface area contributed by atoms with E-state index in [0.717, 1.165) is 30.8 Å². The highest BCUT2D eigenvalue weighted by Crippen LogP contribution is 2.30. The summed E-state index contributed by atoms with van der Waals surface area (Å²) in [6, 6.07) is 0. The van der Waals surface area contributed by atoms with Crippen molar-refractivity contribution in [3.63, 3.8) is 0 Å². The fourth-order valence-electron chi connectivity index (χ4n) is 1.81. The van der Waals surface area contributed by atoms with E-state index in [0.29, 0.717) is 5.25 Å². The Morgan fingerprint density at radius 1 is 1.53 bits per heavy atom. The molecule has 0 fully saturated rings. The van der Waals surface area contributed by atoms with Crippen molar-refractivity contribution in [2.75, 3.05) is 26.8 Å². The third kappa shape index (κ3) is 4.03. The first-order chi connectivity index (χ1) is 7.31. The van der Waals surface area contributed by atoms with Gasteiger partial charge < -0.3 is 10.1 Å². The minimum atomic E-state index is 0.685. The predicted octanol–water partition coefficient (Wildman–Crippen LogP) is 2.13. The van der Waals surface area contributed by atoms with Crippen LogP contribution >= 0.6 is 11.8 Å². The van der Waals surface area contributed by atoms with Crippen molar-refractivity contribution in [3.05, 3.63) is 0 Å². The second-order valence-corrected chi connectivity index (χ2v) is 5.03. The molecule has 1 aliphatic rings. The molecule has 1 atom stereocenters. The van der Waals surface area contributed by atoms with Crippen molar-refractivity contribution in [1.29, 1.82) is 0 Å². The van der Waals surface area contributed by atoms with Gasteiger partial charge in [-0.2, -0.15) is 0 Å². The zero-order valence-corrected chi connectivity index (χ0v) is 10.8. The normalized spacial score (nSPS) is 20.8. The molecule has 0 aromatic carbocycles. The van der Waals surface area contributed by atoms with Crippen molar-refractivity contribution < 1.29 is 4.74 Å². The molecule has 3 nitrogen and oxygen atoms in total. The molecular formula is C11H22N2OS. The molecule has 0 spiro atoms. The highest BCUT2D eigenvalue weighted by molar-refractivity contribution is 8.14. The minimum absolute atomic E-state index is 0.685. The van der Waals surface area contributed by atoms with Crippen LogP contribution in [0.15, 0.2) is 4.99 Å². The van der Waals surface area contributed by atoms with E-state index in [1.54, 1.807) is 7.11 Å². The first-order valence-corrected chi connectivity index (χ1v) is 6.63. The van der Waals surface area contributed by atoms with E-state index in [1.165, 1.54) is 12.8 Å². The lowest BCUT2D eigenvalue weighted by atomic mass is 9.99. The first-order valence-electron chi connectivity index (χ1n) is 5.75. The SMILES string of the molecule is CCC(CC)C1CN=C(NCCOC)S1. The van der Waals surface area contributed by atoms with Gasteiger partial charge in [0.2, 0.25) is 0 Å². The number of ether oxygens (including phenoxy) is 1. The number of nitrogens with one attached hydrogen (secondary N) is 1. The molecule has 0 saturated carbocycles. The van der Waals surface area contributed by atoms with Crippen LogP contribution in [-0.2, 0) is 4.74 Å². The Balaban J connectivity index is 2.24. The topological polar surface area (TPSA) is 33.6 Å². The molecule has 15 heavy (non-hydrogen) atoms. The lowest BCUT2D eigenvalue weighted by Gasteiger charge is -2.18. The summed E-state index contributed by atoms with van der Waals surface area (Å²) in [5.74, 6) is 0.806. The second kappa shape index (κ2) is 7.12. The summed E-state index contributed by atoms with van der Waals surface area (Å²) in [4.78, 5) is 4.52. The monoisotopic (exact) mass is 230 g/mol. The van der Waals surface area contributed by atoms with Gasteiger partial charge in [0.05, 0.1) is 13.2 Å². The highest BCUT2D eigenvalue weighted by Gasteiger charge is 2.25. The molecule has 4 heteroatoms. The van der Waals surface area contributed by atoms with E-state index in [2.05, 4.69) is 24.2 Å². The van der Waals surface area contributed by atoms with E-state index < -0.39 is 0 Å². The number of rotatable bonds is 6. The number of methoxy groups -OCH3 is 1. The van der Waals surface area contributed by atoms with Crippen molar-refractivity contribution >= 4 is 16.9 Å². The summed E-state index contributed by atoms with van der Waals surface area (Å²) in [5, 5.41) is 5.09. The van der Waals surface area contributed by atoms with Gasteiger partial charge in [-0.15, -0.1) is 0 Å². The van der Waals surface area contributed by atoms with Crippen molar-refractivity contribution in [2.24, 2.45) is 10.9 Å². The zero-order valence-electron chi connectivity index (χ0n) is 9.95. The van der Waals surface area contributed by atoms with Crippen LogP contribution in [0.25, 0.3) is 0 Å². The van der Waals surface area contributed by atoms with Gasteiger partial charge in [0.15, 0.2) is 5.17 Å². The number of aliphatic imine (C=N–C) groups is 1. The zero-order chi connectivity index (χ0) is 11.1. The van der Waals surface area contributed by atoms with Gasteiger partial charge in [0.25, 0.3) is 0 Å². The van der Waals surface area contributed by atoms with Gasteiger partial charge in [0, 0.05) is 18.9 Å². The average molecular weight is 230 g/mol. The van der Waals surface area contributed by atoms with Crippen LogP contribution in [0.4, 0.5) is 0 Å². The molecule has 88 valence electrons. The number of hydrogen-bond acceptors (Lipinski definition) is 4. The van der Waals surface area contributed by atoms with Crippen LogP contribution in [0.2, 0.25) is 0 Å². The lowest BCUT2D eigenvalue weighted by Crippen LogP contribution is -2.24. The molecule has 0 radical (unpaired) electrons. The number of thioether (sulfide) groups is 1. The van der Waals surface area contributed by atoms with Crippen LogP contribution in [0.5, 0.6) is 0 Å². The molecule has 0 bridgehead atoms. The minimum Gasteiger partial charge on any atom is -0.383 e.